The summed E-state index contributed by atoms with van der Waals surface area (Å²) in [5.41, 5.74) is 0.373. The zero-order valence-corrected chi connectivity index (χ0v) is 12.3. The second-order valence-corrected chi connectivity index (χ2v) is 4.54. The number of ether oxygens (including phenoxy) is 1. The van der Waals surface area contributed by atoms with Gasteiger partial charge in [-0.25, -0.2) is 0 Å². The van der Waals surface area contributed by atoms with E-state index in [-0.39, 0.29) is 11.4 Å². The molecule has 118 valence electrons. The Morgan fingerprint density at radius 3 is 2.17 bits per heavy atom. The molecule has 9 nitrogen and oxygen atoms in total. The number of rotatable bonds is 5. The van der Waals surface area contributed by atoms with Crippen molar-refractivity contribution in [3.63, 3.8) is 0 Å². The average Bonchev–Trinajstić information content (AvgIpc) is 2.53. The summed E-state index contributed by atoms with van der Waals surface area (Å²) in [6.45, 7) is 1.79. The van der Waals surface area contributed by atoms with Gasteiger partial charge in [0.05, 0.1) is 28.7 Å². The third kappa shape index (κ3) is 3.64. The first-order valence-corrected chi connectivity index (χ1v) is 6.41. The van der Waals surface area contributed by atoms with E-state index in [0.29, 0.717) is 11.4 Å². The fraction of sp³-hybridized carbons (Fsp3) is 0.143. The highest BCUT2D eigenvalue weighted by atomic mass is 16.6. The van der Waals surface area contributed by atoms with Crippen LogP contribution in [-0.4, -0.2) is 17.0 Å². The topological polar surface area (TPSA) is 120 Å². The zero-order chi connectivity index (χ0) is 17.0. The lowest BCUT2D eigenvalue weighted by Crippen LogP contribution is -1.92. The summed E-state index contributed by atoms with van der Waals surface area (Å²) >= 11 is 0. The van der Waals surface area contributed by atoms with Crippen LogP contribution in [0.5, 0.6) is 5.75 Å². The molecule has 0 aromatic heterocycles. The molecule has 9 heteroatoms. The summed E-state index contributed by atoms with van der Waals surface area (Å²) in [5, 5.41) is 29.5. The minimum atomic E-state index is -0.734. The third-order valence-corrected chi connectivity index (χ3v) is 3.04. The van der Waals surface area contributed by atoms with Gasteiger partial charge in [0.25, 0.3) is 5.69 Å². The largest absolute Gasteiger partial charge is 0.497 e. The molecule has 0 unspecified atom stereocenters. The van der Waals surface area contributed by atoms with Crippen LogP contribution < -0.4 is 4.74 Å². The van der Waals surface area contributed by atoms with Crippen molar-refractivity contribution in [1.29, 1.82) is 0 Å². The van der Waals surface area contributed by atoms with E-state index in [1.54, 1.807) is 25.1 Å². The number of nitro benzene ring substituents is 2. The van der Waals surface area contributed by atoms with Crippen LogP contribution in [0.2, 0.25) is 0 Å². The number of aryl methyl sites for hydroxylation is 1. The number of methoxy groups -OCH3 is 1. The Morgan fingerprint density at radius 1 is 0.957 bits per heavy atom. The SMILES string of the molecule is COc1ccc(N=Nc2ccc([N+](=O)[O-])cc2[N+](=O)[O-])c(C)c1. The summed E-state index contributed by atoms with van der Waals surface area (Å²) in [7, 11) is 1.54. The Balaban J connectivity index is 2.39. The van der Waals surface area contributed by atoms with Crippen LogP contribution in [0.25, 0.3) is 0 Å². The molecule has 0 atom stereocenters. The lowest BCUT2D eigenvalue weighted by Gasteiger charge is -2.03. The van der Waals surface area contributed by atoms with Crippen LogP contribution >= 0.6 is 0 Å². The molecular weight excluding hydrogens is 304 g/mol. The Hall–Kier alpha value is -3.36. The molecule has 0 aliphatic heterocycles. The van der Waals surface area contributed by atoms with Gasteiger partial charge in [0.2, 0.25) is 0 Å². The van der Waals surface area contributed by atoms with Gasteiger partial charge in [-0.15, -0.1) is 5.11 Å². The lowest BCUT2D eigenvalue weighted by molar-refractivity contribution is -0.393. The highest BCUT2D eigenvalue weighted by Gasteiger charge is 2.19. The van der Waals surface area contributed by atoms with Crippen molar-refractivity contribution in [3.05, 3.63) is 62.2 Å². The van der Waals surface area contributed by atoms with Gasteiger partial charge in [-0.1, -0.05) is 0 Å². The molecule has 0 radical (unpaired) electrons. The van der Waals surface area contributed by atoms with Gasteiger partial charge in [-0.3, -0.25) is 20.2 Å². The van der Waals surface area contributed by atoms with Gasteiger partial charge in [-0.05, 0) is 36.8 Å². The molecule has 0 amide bonds. The number of azo groups is 1. The van der Waals surface area contributed by atoms with Crippen molar-refractivity contribution >= 4 is 22.7 Å². The molecule has 0 bridgehead atoms. The van der Waals surface area contributed by atoms with Crippen LogP contribution in [0.1, 0.15) is 5.56 Å². The predicted octanol–water partition coefficient (Wildman–Crippen LogP) is 4.24. The molecule has 0 heterocycles. The molecule has 0 saturated heterocycles. The lowest BCUT2D eigenvalue weighted by atomic mass is 10.2. The molecule has 0 saturated carbocycles. The van der Waals surface area contributed by atoms with E-state index in [1.165, 1.54) is 13.2 Å². The smallest absolute Gasteiger partial charge is 0.303 e. The highest BCUT2D eigenvalue weighted by molar-refractivity contribution is 5.62. The van der Waals surface area contributed by atoms with Crippen LogP contribution in [0, 0.1) is 27.2 Å². The molecule has 2 rings (SSSR count). The number of nitrogens with zero attached hydrogens (tertiary/aromatic N) is 4. The van der Waals surface area contributed by atoms with Gasteiger partial charge in [0.15, 0.2) is 5.69 Å². The van der Waals surface area contributed by atoms with Crippen LogP contribution in [0.4, 0.5) is 22.7 Å². The van der Waals surface area contributed by atoms with E-state index in [2.05, 4.69) is 10.2 Å². The number of hydrogen-bond donors (Lipinski definition) is 0. The number of non-ortho nitro benzene ring substituents is 1. The summed E-state index contributed by atoms with van der Waals surface area (Å²) in [6, 6.07) is 8.29. The molecule has 0 N–H and O–H groups in total. The second-order valence-electron chi connectivity index (χ2n) is 4.54. The maximum absolute atomic E-state index is 11.0. The Bertz CT molecular complexity index is 804. The highest BCUT2D eigenvalue weighted by Crippen LogP contribution is 2.33. The van der Waals surface area contributed by atoms with Crippen molar-refractivity contribution in [2.45, 2.75) is 6.92 Å². The van der Waals surface area contributed by atoms with Crippen molar-refractivity contribution in [3.8, 4) is 5.75 Å². The van der Waals surface area contributed by atoms with Gasteiger partial charge < -0.3 is 4.74 Å². The summed E-state index contributed by atoms with van der Waals surface area (Å²) in [5.74, 6) is 0.655. The van der Waals surface area contributed by atoms with E-state index in [0.717, 1.165) is 17.7 Å². The van der Waals surface area contributed by atoms with Crippen LogP contribution in [-0.2, 0) is 0 Å². The van der Waals surface area contributed by atoms with E-state index >= 15 is 0 Å². The van der Waals surface area contributed by atoms with Crippen molar-refractivity contribution < 1.29 is 14.6 Å². The summed E-state index contributed by atoms with van der Waals surface area (Å²) in [6.07, 6.45) is 0. The van der Waals surface area contributed by atoms with Gasteiger partial charge in [0.1, 0.15) is 5.75 Å². The third-order valence-electron chi connectivity index (χ3n) is 3.04. The quantitative estimate of drug-likeness (QED) is 0.464. The minimum Gasteiger partial charge on any atom is -0.497 e. The first-order chi connectivity index (χ1) is 10.9. The molecule has 0 aliphatic carbocycles. The standard InChI is InChI=1S/C14H12N4O5/c1-9-7-11(23-2)4-6-12(9)15-16-13-5-3-10(17(19)20)8-14(13)18(21)22/h3-8H,1-2H3. The van der Waals surface area contributed by atoms with Crippen LogP contribution in [0.15, 0.2) is 46.6 Å². The molecular formula is C14H12N4O5. The first kappa shape index (κ1) is 16.0. The fourth-order valence-electron chi connectivity index (χ4n) is 1.83. The van der Waals surface area contributed by atoms with E-state index in [9.17, 15) is 20.2 Å². The molecule has 0 aliphatic rings. The normalized spacial score (nSPS) is 10.7. The van der Waals surface area contributed by atoms with Gasteiger partial charge >= 0.3 is 5.69 Å². The van der Waals surface area contributed by atoms with Crippen molar-refractivity contribution in [1.82, 2.24) is 0 Å². The Kier molecular flexibility index (Phi) is 4.60. The number of nitro groups is 2. The van der Waals surface area contributed by atoms with Crippen molar-refractivity contribution in [2.75, 3.05) is 7.11 Å². The fourth-order valence-corrected chi connectivity index (χ4v) is 1.83. The second kappa shape index (κ2) is 6.60. The Morgan fingerprint density at radius 2 is 1.61 bits per heavy atom. The molecule has 0 spiro atoms. The number of benzene rings is 2. The van der Waals surface area contributed by atoms with Gasteiger partial charge in [-0.2, -0.15) is 5.11 Å². The minimum absolute atomic E-state index is 0.0594. The average molecular weight is 316 g/mol. The molecule has 2 aromatic rings. The maximum Gasteiger partial charge on any atom is 0.303 e. The summed E-state index contributed by atoms with van der Waals surface area (Å²) in [4.78, 5) is 20.3. The monoisotopic (exact) mass is 316 g/mol. The zero-order valence-electron chi connectivity index (χ0n) is 12.3. The Labute approximate surface area is 130 Å². The number of hydrogen-bond acceptors (Lipinski definition) is 7. The van der Waals surface area contributed by atoms with E-state index in [1.807, 2.05) is 0 Å². The maximum atomic E-state index is 11.0. The van der Waals surface area contributed by atoms with Crippen molar-refractivity contribution in [2.24, 2.45) is 10.2 Å². The van der Waals surface area contributed by atoms with Gasteiger partial charge in [0, 0.05) is 6.07 Å². The molecule has 0 fully saturated rings. The first-order valence-electron chi connectivity index (χ1n) is 6.41. The summed E-state index contributed by atoms with van der Waals surface area (Å²) < 4.78 is 5.07. The van der Waals surface area contributed by atoms with E-state index in [4.69, 9.17) is 4.74 Å². The van der Waals surface area contributed by atoms with Crippen LogP contribution in [0.3, 0.4) is 0 Å². The van der Waals surface area contributed by atoms with E-state index < -0.39 is 15.5 Å². The molecule has 2 aromatic carbocycles. The molecule has 23 heavy (non-hydrogen) atoms. The predicted molar refractivity (Wildman–Crippen MR) is 81.7 cm³/mol.